The molecule has 0 aromatic rings. The van der Waals surface area contributed by atoms with Gasteiger partial charge in [-0.1, -0.05) is 0 Å². The Morgan fingerprint density at radius 3 is 2.47 bits per heavy atom. The van der Waals surface area contributed by atoms with Gasteiger partial charge in [0.1, 0.15) is 0 Å². The standard InChI is InChI=1S/C15H26N2O2/c1-19-11-15(6-8-16-9-7-15)13(18)17-10-14(4-5-14)12-2-3-12/h12,16H,2-11H2,1H3,(H,17,18). The van der Waals surface area contributed by atoms with Gasteiger partial charge in [0.25, 0.3) is 0 Å². The molecule has 1 saturated heterocycles. The van der Waals surface area contributed by atoms with Gasteiger partial charge >= 0.3 is 0 Å². The maximum Gasteiger partial charge on any atom is 0.228 e. The molecule has 2 aliphatic carbocycles. The first-order valence-electron chi connectivity index (χ1n) is 7.69. The fourth-order valence-corrected chi connectivity index (χ4v) is 3.65. The Balaban J connectivity index is 1.57. The van der Waals surface area contributed by atoms with Crippen LogP contribution in [0.2, 0.25) is 0 Å². The van der Waals surface area contributed by atoms with Crippen LogP contribution in [0, 0.1) is 16.7 Å². The van der Waals surface area contributed by atoms with Crippen LogP contribution in [0.25, 0.3) is 0 Å². The van der Waals surface area contributed by atoms with Crippen molar-refractivity contribution in [2.24, 2.45) is 16.7 Å². The zero-order chi connectivity index (χ0) is 13.3. The van der Waals surface area contributed by atoms with Crippen LogP contribution in [0.1, 0.15) is 38.5 Å². The number of amides is 1. The van der Waals surface area contributed by atoms with E-state index >= 15 is 0 Å². The zero-order valence-electron chi connectivity index (χ0n) is 12.0. The van der Waals surface area contributed by atoms with E-state index < -0.39 is 0 Å². The average molecular weight is 266 g/mol. The van der Waals surface area contributed by atoms with Gasteiger partial charge in [-0.05, 0) is 62.9 Å². The molecule has 4 nitrogen and oxygen atoms in total. The van der Waals surface area contributed by atoms with Crippen LogP contribution in [-0.2, 0) is 9.53 Å². The molecule has 1 heterocycles. The zero-order valence-corrected chi connectivity index (χ0v) is 12.0. The highest BCUT2D eigenvalue weighted by molar-refractivity contribution is 5.83. The van der Waals surface area contributed by atoms with Crippen molar-refractivity contribution in [2.45, 2.75) is 38.5 Å². The summed E-state index contributed by atoms with van der Waals surface area (Å²) in [5, 5.41) is 6.59. The second kappa shape index (κ2) is 5.06. The molecule has 3 fully saturated rings. The molecule has 0 radical (unpaired) electrons. The van der Waals surface area contributed by atoms with Crippen molar-refractivity contribution in [1.29, 1.82) is 0 Å². The lowest BCUT2D eigenvalue weighted by Gasteiger charge is -2.36. The maximum atomic E-state index is 12.6. The smallest absolute Gasteiger partial charge is 0.228 e. The number of carbonyl (C=O) groups is 1. The van der Waals surface area contributed by atoms with Gasteiger partial charge in [-0.3, -0.25) is 4.79 Å². The van der Waals surface area contributed by atoms with E-state index in [1.54, 1.807) is 7.11 Å². The van der Waals surface area contributed by atoms with Crippen molar-refractivity contribution >= 4 is 5.91 Å². The van der Waals surface area contributed by atoms with Crippen molar-refractivity contribution in [3.8, 4) is 0 Å². The lowest BCUT2D eigenvalue weighted by Crippen LogP contribution is -2.51. The SMILES string of the molecule is COCC1(C(=O)NCC2(C3CC3)CC2)CCNCC1. The van der Waals surface area contributed by atoms with E-state index in [2.05, 4.69) is 10.6 Å². The summed E-state index contributed by atoms with van der Waals surface area (Å²) in [4.78, 5) is 12.6. The molecule has 0 aromatic carbocycles. The van der Waals surface area contributed by atoms with Crippen molar-refractivity contribution in [3.05, 3.63) is 0 Å². The Hall–Kier alpha value is -0.610. The van der Waals surface area contributed by atoms with Gasteiger partial charge in [-0.15, -0.1) is 0 Å². The topological polar surface area (TPSA) is 50.4 Å². The Morgan fingerprint density at radius 1 is 1.26 bits per heavy atom. The van der Waals surface area contributed by atoms with E-state index in [9.17, 15) is 4.79 Å². The highest BCUT2D eigenvalue weighted by atomic mass is 16.5. The van der Waals surface area contributed by atoms with E-state index in [1.807, 2.05) is 0 Å². The predicted octanol–water partition coefficient (Wildman–Crippen LogP) is 1.31. The molecule has 2 N–H and O–H groups in total. The van der Waals surface area contributed by atoms with Crippen molar-refractivity contribution in [2.75, 3.05) is 33.4 Å². The lowest BCUT2D eigenvalue weighted by atomic mass is 9.78. The van der Waals surface area contributed by atoms with Crippen molar-refractivity contribution < 1.29 is 9.53 Å². The summed E-state index contributed by atoms with van der Waals surface area (Å²) in [7, 11) is 1.70. The summed E-state index contributed by atoms with van der Waals surface area (Å²) in [6.07, 6.45) is 7.17. The maximum absolute atomic E-state index is 12.6. The number of carbonyl (C=O) groups excluding carboxylic acids is 1. The van der Waals surface area contributed by atoms with Crippen LogP contribution < -0.4 is 10.6 Å². The largest absolute Gasteiger partial charge is 0.384 e. The number of hydrogen-bond donors (Lipinski definition) is 2. The summed E-state index contributed by atoms with van der Waals surface area (Å²) < 4.78 is 5.32. The number of hydrogen-bond acceptors (Lipinski definition) is 3. The Kier molecular flexibility index (Phi) is 3.56. The monoisotopic (exact) mass is 266 g/mol. The van der Waals surface area contributed by atoms with Gasteiger partial charge in [0.15, 0.2) is 0 Å². The lowest BCUT2D eigenvalue weighted by molar-refractivity contribution is -0.136. The molecule has 0 bridgehead atoms. The number of ether oxygens (including phenoxy) is 1. The molecule has 3 aliphatic rings. The van der Waals surface area contributed by atoms with E-state index in [0.717, 1.165) is 38.4 Å². The first-order valence-corrected chi connectivity index (χ1v) is 7.69. The van der Waals surface area contributed by atoms with E-state index in [0.29, 0.717) is 12.0 Å². The molecule has 0 atom stereocenters. The summed E-state index contributed by atoms with van der Waals surface area (Å²) in [5.41, 5.74) is 0.191. The molecule has 2 saturated carbocycles. The third kappa shape index (κ3) is 2.65. The van der Waals surface area contributed by atoms with Gasteiger partial charge in [-0.2, -0.15) is 0 Å². The molecule has 19 heavy (non-hydrogen) atoms. The van der Waals surface area contributed by atoms with E-state index in [-0.39, 0.29) is 11.3 Å². The molecule has 1 aliphatic heterocycles. The summed E-state index contributed by atoms with van der Waals surface area (Å²) in [5.74, 6) is 1.13. The molecule has 4 heteroatoms. The summed E-state index contributed by atoms with van der Waals surface area (Å²) in [6, 6.07) is 0. The molecule has 0 spiro atoms. The summed E-state index contributed by atoms with van der Waals surface area (Å²) in [6.45, 7) is 3.29. The minimum absolute atomic E-state index is 0.225. The predicted molar refractivity (Wildman–Crippen MR) is 73.8 cm³/mol. The first-order chi connectivity index (χ1) is 9.21. The number of rotatable bonds is 6. The van der Waals surface area contributed by atoms with Gasteiger partial charge in [-0.25, -0.2) is 0 Å². The molecule has 108 valence electrons. The molecular formula is C15H26N2O2. The van der Waals surface area contributed by atoms with Gasteiger partial charge in [0, 0.05) is 13.7 Å². The van der Waals surface area contributed by atoms with Crippen LogP contribution in [0.4, 0.5) is 0 Å². The average Bonchev–Trinajstić information content (AvgIpc) is 3.29. The molecule has 3 rings (SSSR count). The number of methoxy groups -OCH3 is 1. The van der Waals surface area contributed by atoms with Crippen LogP contribution in [0.3, 0.4) is 0 Å². The number of piperidine rings is 1. The molecule has 1 amide bonds. The van der Waals surface area contributed by atoms with Crippen LogP contribution >= 0.6 is 0 Å². The minimum atomic E-state index is -0.292. The second-order valence-electron chi connectivity index (χ2n) is 6.78. The molecule has 0 unspecified atom stereocenters. The third-order valence-corrected chi connectivity index (χ3v) is 5.40. The minimum Gasteiger partial charge on any atom is -0.384 e. The Bertz CT molecular complexity index is 337. The van der Waals surface area contributed by atoms with Crippen LogP contribution in [-0.4, -0.2) is 39.3 Å². The van der Waals surface area contributed by atoms with Crippen LogP contribution in [0.15, 0.2) is 0 Å². The highest BCUT2D eigenvalue weighted by Crippen LogP contribution is 2.60. The first kappa shape index (κ1) is 13.4. The molecular weight excluding hydrogens is 240 g/mol. The van der Waals surface area contributed by atoms with Gasteiger partial charge < -0.3 is 15.4 Å². The fraction of sp³-hybridized carbons (Fsp3) is 0.933. The molecule has 0 aromatic heterocycles. The fourth-order valence-electron chi connectivity index (χ4n) is 3.65. The highest BCUT2D eigenvalue weighted by Gasteiger charge is 2.54. The Labute approximate surface area is 115 Å². The van der Waals surface area contributed by atoms with E-state index in [4.69, 9.17) is 4.74 Å². The normalized spacial score (nSPS) is 27.8. The van der Waals surface area contributed by atoms with Crippen molar-refractivity contribution in [3.63, 3.8) is 0 Å². The second-order valence-corrected chi connectivity index (χ2v) is 6.78. The number of nitrogens with one attached hydrogen (secondary N) is 2. The van der Waals surface area contributed by atoms with Crippen LogP contribution in [0.5, 0.6) is 0 Å². The third-order valence-electron chi connectivity index (χ3n) is 5.40. The van der Waals surface area contributed by atoms with Gasteiger partial charge in [0.2, 0.25) is 5.91 Å². The van der Waals surface area contributed by atoms with Crippen molar-refractivity contribution in [1.82, 2.24) is 10.6 Å². The van der Waals surface area contributed by atoms with E-state index in [1.165, 1.54) is 25.7 Å². The Morgan fingerprint density at radius 2 is 1.95 bits per heavy atom. The summed E-state index contributed by atoms with van der Waals surface area (Å²) >= 11 is 0. The quantitative estimate of drug-likeness (QED) is 0.762. The van der Waals surface area contributed by atoms with Gasteiger partial charge in [0.05, 0.1) is 12.0 Å².